The number of fused-ring (bicyclic) bond motifs is 1. The third kappa shape index (κ3) is 4.13. The van der Waals surface area contributed by atoms with E-state index in [1.807, 2.05) is 24.3 Å². The van der Waals surface area contributed by atoms with Crippen LogP contribution < -0.4 is 10.1 Å². The van der Waals surface area contributed by atoms with Crippen molar-refractivity contribution in [1.82, 2.24) is 35.1 Å². The lowest BCUT2D eigenvalue weighted by atomic mass is 10.1. The SMILES string of the molecule is [C-]#[N+]c1ccnc(Cc2cc(Nc3cccc(-c4nnn(C)n4)c3OC)c3c(n2)CN(C)C3=O)c1. The summed E-state index contributed by atoms with van der Waals surface area (Å²) in [4.78, 5) is 28.5. The highest BCUT2D eigenvalue weighted by atomic mass is 16.5. The number of hydrogen-bond donors (Lipinski definition) is 1. The maximum atomic E-state index is 12.9. The number of pyridine rings is 2. The molecule has 5 rings (SSSR count). The third-order valence-electron chi connectivity index (χ3n) is 5.62. The van der Waals surface area contributed by atoms with Gasteiger partial charge < -0.3 is 15.0 Å². The summed E-state index contributed by atoms with van der Waals surface area (Å²) in [7, 11) is 5.00. The molecule has 0 fully saturated rings. The molecule has 35 heavy (non-hydrogen) atoms. The fourth-order valence-electron chi connectivity index (χ4n) is 4.07. The van der Waals surface area contributed by atoms with Crippen LogP contribution in [-0.2, 0) is 20.0 Å². The van der Waals surface area contributed by atoms with E-state index in [2.05, 4.69) is 30.6 Å². The van der Waals surface area contributed by atoms with Gasteiger partial charge in [-0.15, -0.1) is 10.2 Å². The molecule has 4 heterocycles. The third-order valence-corrected chi connectivity index (χ3v) is 5.62. The van der Waals surface area contributed by atoms with Crippen LogP contribution in [0.2, 0.25) is 0 Å². The zero-order valence-corrected chi connectivity index (χ0v) is 19.3. The van der Waals surface area contributed by atoms with Crippen molar-refractivity contribution < 1.29 is 9.53 Å². The number of methoxy groups -OCH3 is 1. The number of carbonyl (C=O) groups is 1. The van der Waals surface area contributed by atoms with Gasteiger partial charge in [-0.05, 0) is 35.5 Å². The Hall–Kier alpha value is -4.85. The van der Waals surface area contributed by atoms with E-state index in [1.54, 1.807) is 44.4 Å². The van der Waals surface area contributed by atoms with Gasteiger partial charge in [-0.3, -0.25) is 14.8 Å². The smallest absolute Gasteiger partial charge is 0.257 e. The van der Waals surface area contributed by atoms with E-state index < -0.39 is 0 Å². The van der Waals surface area contributed by atoms with E-state index in [9.17, 15) is 4.79 Å². The van der Waals surface area contributed by atoms with Crippen molar-refractivity contribution in [2.75, 3.05) is 19.5 Å². The molecule has 0 aliphatic carbocycles. The van der Waals surface area contributed by atoms with E-state index in [0.29, 0.717) is 58.4 Å². The van der Waals surface area contributed by atoms with Gasteiger partial charge in [0, 0.05) is 31.1 Å². The quantitative estimate of drug-likeness (QED) is 0.430. The minimum Gasteiger partial charge on any atom is -0.494 e. The fraction of sp³-hybridized carbons (Fsp3) is 0.208. The van der Waals surface area contributed by atoms with E-state index in [1.165, 1.54) is 4.80 Å². The maximum absolute atomic E-state index is 12.9. The van der Waals surface area contributed by atoms with Crippen molar-refractivity contribution in [3.05, 3.63) is 76.7 Å². The molecule has 0 spiro atoms. The fourth-order valence-corrected chi connectivity index (χ4v) is 4.07. The van der Waals surface area contributed by atoms with Crippen molar-refractivity contribution in [2.24, 2.45) is 7.05 Å². The van der Waals surface area contributed by atoms with Gasteiger partial charge in [-0.25, -0.2) is 4.85 Å². The van der Waals surface area contributed by atoms with Crippen LogP contribution in [0.3, 0.4) is 0 Å². The van der Waals surface area contributed by atoms with Gasteiger partial charge in [-0.1, -0.05) is 6.07 Å². The molecule has 0 radical (unpaired) electrons. The molecule has 0 saturated heterocycles. The van der Waals surface area contributed by atoms with Gasteiger partial charge in [0.05, 0.1) is 55.5 Å². The highest BCUT2D eigenvalue weighted by Crippen LogP contribution is 2.38. The number of benzene rings is 1. The molecule has 11 heteroatoms. The number of tetrazole rings is 1. The van der Waals surface area contributed by atoms with Crippen LogP contribution in [0.5, 0.6) is 5.75 Å². The van der Waals surface area contributed by atoms with Crippen LogP contribution >= 0.6 is 0 Å². The largest absolute Gasteiger partial charge is 0.494 e. The van der Waals surface area contributed by atoms with Gasteiger partial charge in [0.2, 0.25) is 5.82 Å². The van der Waals surface area contributed by atoms with E-state index in [-0.39, 0.29) is 5.91 Å². The van der Waals surface area contributed by atoms with Crippen LogP contribution in [0.1, 0.15) is 27.4 Å². The van der Waals surface area contributed by atoms with Crippen LogP contribution in [0.4, 0.5) is 17.1 Å². The van der Waals surface area contributed by atoms with E-state index >= 15 is 0 Å². The van der Waals surface area contributed by atoms with Crippen LogP contribution in [-0.4, -0.2) is 55.1 Å². The number of hydrogen-bond acceptors (Lipinski definition) is 8. The molecule has 4 aromatic rings. The predicted molar refractivity (Wildman–Crippen MR) is 127 cm³/mol. The number of nitrogens with one attached hydrogen (secondary N) is 1. The monoisotopic (exact) mass is 467 g/mol. The van der Waals surface area contributed by atoms with Gasteiger partial charge in [0.15, 0.2) is 11.4 Å². The Kier molecular flexibility index (Phi) is 5.54. The summed E-state index contributed by atoms with van der Waals surface area (Å²) >= 11 is 0. The van der Waals surface area contributed by atoms with Gasteiger partial charge >= 0.3 is 0 Å². The topological polar surface area (TPSA) is 115 Å². The summed E-state index contributed by atoms with van der Waals surface area (Å²) in [5, 5.41) is 15.7. The molecule has 11 nitrogen and oxygen atoms in total. The second-order valence-electron chi connectivity index (χ2n) is 8.05. The minimum atomic E-state index is -0.111. The van der Waals surface area contributed by atoms with Crippen molar-refractivity contribution in [3.8, 4) is 17.1 Å². The molecule has 0 atom stereocenters. The Morgan fingerprint density at radius 3 is 2.77 bits per heavy atom. The van der Waals surface area contributed by atoms with Crippen molar-refractivity contribution >= 4 is 23.0 Å². The second-order valence-corrected chi connectivity index (χ2v) is 8.05. The van der Waals surface area contributed by atoms with Gasteiger partial charge in [-0.2, -0.15) is 4.80 Å². The Labute approximate surface area is 201 Å². The Bertz CT molecular complexity index is 1490. The Morgan fingerprint density at radius 1 is 1.17 bits per heavy atom. The number of amides is 1. The first-order valence-electron chi connectivity index (χ1n) is 10.8. The van der Waals surface area contributed by atoms with Crippen molar-refractivity contribution in [2.45, 2.75) is 13.0 Å². The molecule has 1 N–H and O–H groups in total. The molecule has 0 bridgehead atoms. The Morgan fingerprint density at radius 2 is 2.03 bits per heavy atom. The number of aromatic nitrogens is 6. The number of anilines is 2. The molecular weight excluding hydrogens is 446 g/mol. The molecule has 174 valence electrons. The number of carbonyl (C=O) groups excluding carboxylic acids is 1. The average Bonchev–Trinajstić information content (AvgIpc) is 3.41. The standard InChI is InChI=1S/C24H21N9O2/c1-25-14-8-9-26-15(10-14)11-16-12-19(21-20(27-16)13-32(2)24(21)34)28-18-7-5-6-17(22(18)35-4)23-29-31-33(3)30-23/h5-10,12H,11,13H2,2-4H3,(H,27,28). The lowest BCUT2D eigenvalue weighted by Gasteiger charge is -2.16. The minimum absolute atomic E-state index is 0.111. The van der Waals surface area contributed by atoms with Crippen LogP contribution in [0, 0.1) is 6.57 Å². The summed E-state index contributed by atoms with van der Waals surface area (Å²) in [5.41, 5.74) is 5.10. The normalized spacial score (nSPS) is 12.4. The highest BCUT2D eigenvalue weighted by molar-refractivity contribution is 6.03. The second kappa shape index (κ2) is 8.83. The molecule has 1 amide bonds. The molecule has 1 aliphatic rings. The summed E-state index contributed by atoms with van der Waals surface area (Å²) in [6, 6.07) is 10.8. The lowest BCUT2D eigenvalue weighted by molar-refractivity contribution is 0.0817. The van der Waals surface area contributed by atoms with Crippen molar-refractivity contribution in [1.29, 1.82) is 0 Å². The van der Waals surface area contributed by atoms with Crippen molar-refractivity contribution in [3.63, 3.8) is 0 Å². The number of para-hydroxylation sites is 1. The van der Waals surface area contributed by atoms with E-state index in [4.69, 9.17) is 16.3 Å². The van der Waals surface area contributed by atoms with Crippen LogP contribution in [0.15, 0.2) is 42.6 Å². The molecular formula is C24H21N9O2. The Balaban J connectivity index is 1.57. The predicted octanol–water partition coefficient (Wildman–Crippen LogP) is 3.15. The number of rotatable bonds is 6. The maximum Gasteiger partial charge on any atom is 0.257 e. The summed E-state index contributed by atoms with van der Waals surface area (Å²) in [5.74, 6) is 0.841. The molecule has 0 unspecified atom stereocenters. The van der Waals surface area contributed by atoms with E-state index in [0.717, 1.165) is 11.4 Å². The molecule has 1 aromatic carbocycles. The summed E-state index contributed by atoms with van der Waals surface area (Å²) in [6.07, 6.45) is 2.04. The molecule has 1 aliphatic heterocycles. The summed E-state index contributed by atoms with van der Waals surface area (Å²) in [6.45, 7) is 7.66. The van der Waals surface area contributed by atoms with Crippen LogP contribution in [0.25, 0.3) is 16.2 Å². The van der Waals surface area contributed by atoms with Gasteiger partial charge in [0.25, 0.3) is 5.91 Å². The van der Waals surface area contributed by atoms with Gasteiger partial charge in [0.1, 0.15) is 0 Å². The number of ether oxygens (including phenoxy) is 1. The number of nitrogens with zero attached hydrogens (tertiary/aromatic N) is 8. The lowest BCUT2D eigenvalue weighted by Crippen LogP contribution is -2.18. The molecule has 3 aromatic heterocycles. The zero-order chi connectivity index (χ0) is 24.5. The summed E-state index contributed by atoms with van der Waals surface area (Å²) < 4.78 is 5.70. The zero-order valence-electron chi connectivity index (χ0n) is 19.3. The molecule has 0 saturated carbocycles. The first kappa shape index (κ1) is 22.0. The first-order valence-corrected chi connectivity index (χ1v) is 10.8. The first-order chi connectivity index (χ1) is 17.0. The average molecular weight is 467 g/mol. The number of aryl methyl sites for hydroxylation is 1. The highest BCUT2D eigenvalue weighted by Gasteiger charge is 2.30.